The number of hydrogen-bond donors (Lipinski definition) is 0. The number of Topliss-reactive ketones (excluding diaryl/α,β-unsaturated/α-hetero) is 1. The number of benzene rings is 5. The number of carbonyl (C=O) groups excluding carboxylic acids is 1. The van der Waals surface area contributed by atoms with Gasteiger partial charge in [-0.3, -0.25) is 4.79 Å². The van der Waals surface area contributed by atoms with E-state index in [1.54, 1.807) is 78.7 Å². The fourth-order valence-corrected chi connectivity index (χ4v) is 14.4. The highest BCUT2D eigenvalue weighted by Gasteiger charge is 2.45. The highest BCUT2D eigenvalue weighted by atomic mass is 80.0. The van der Waals surface area contributed by atoms with Crippen LogP contribution in [0, 0.1) is 0 Å². The minimum absolute atomic E-state index is 0.0562. The van der Waals surface area contributed by atoms with Crippen LogP contribution in [-0.2, 0) is 24.5 Å². The molecule has 0 amide bonds. The molecule has 0 spiro atoms. The van der Waals surface area contributed by atoms with Crippen LogP contribution < -0.4 is 14.2 Å². The van der Waals surface area contributed by atoms with Crippen molar-refractivity contribution in [1.29, 1.82) is 0 Å². The number of alkyl halides is 3. The Morgan fingerprint density at radius 3 is 1.92 bits per heavy atom. The average Bonchev–Trinajstić information content (AvgIpc) is 4.02. The first-order valence-corrected chi connectivity index (χ1v) is 26.5. The van der Waals surface area contributed by atoms with Gasteiger partial charge in [0, 0.05) is 16.7 Å². The van der Waals surface area contributed by atoms with Gasteiger partial charge in [0.15, 0.2) is 0 Å². The molecule has 0 fully saturated rings. The van der Waals surface area contributed by atoms with E-state index in [1.807, 2.05) is 36.4 Å². The van der Waals surface area contributed by atoms with Crippen LogP contribution in [0.1, 0.15) is 16.7 Å². The molecule has 0 saturated heterocycles. The molecule has 324 valence electrons. The average molecular weight is 1190 g/mol. The number of thiazole rings is 2. The van der Waals surface area contributed by atoms with E-state index in [1.165, 1.54) is 43.8 Å². The maximum atomic E-state index is 15.1. The number of para-hydroxylation sites is 2. The van der Waals surface area contributed by atoms with Crippen molar-refractivity contribution in [2.45, 2.75) is 10.7 Å². The molecule has 0 aliphatic carbocycles. The second kappa shape index (κ2) is 17.1. The van der Waals surface area contributed by atoms with Crippen LogP contribution in [0.4, 0.5) is 0 Å². The number of carbonyl (C=O) groups is 1. The van der Waals surface area contributed by atoms with Crippen LogP contribution in [0.15, 0.2) is 146 Å². The molecule has 0 bridgehead atoms. The van der Waals surface area contributed by atoms with Crippen molar-refractivity contribution >= 4 is 149 Å². The zero-order valence-electron chi connectivity index (χ0n) is 33.3. The number of allylic oxidation sites excluding steroid dienone is 4. The summed E-state index contributed by atoms with van der Waals surface area (Å²) in [6, 6.07) is 31.8. The molecule has 0 atom stereocenters. The first-order valence-electron chi connectivity index (χ1n) is 18.8. The Labute approximate surface area is 409 Å². The van der Waals surface area contributed by atoms with Gasteiger partial charge in [0.2, 0.25) is 31.3 Å². The van der Waals surface area contributed by atoms with Gasteiger partial charge in [0.1, 0.15) is 26.1 Å². The van der Waals surface area contributed by atoms with Crippen LogP contribution in [0.3, 0.4) is 0 Å². The number of fused-ring (bicyclic) bond motifs is 3. The Morgan fingerprint density at radius 2 is 1.28 bits per heavy atom. The van der Waals surface area contributed by atoms with Gasteiger partial charge in [-0.1, -0.05) is 30.3 Å². The lowest BCUT2D eigenvalue weighted by molar-refractivity contribution is -0.110. The number of methoxy groups -OCH3 is 3. The Bertz CT molecular complexity index is 3410. The van der Waals surface area contributed by atoms with E-state index in [0.29, 0.717) is 49.1 Å². The highest BCUT2D eigenvalue weighted by Crippen LogP contribution is 2.52. The standard InChI is InChI=1S/C45H29Br4N3O8S4/c1-58-27-15-11-24(12-16-27)38-40(25-13-17-28(59-2)18-14-25)52-33(30-20-19-29(60-3)23-37(30)64(56,57)45(47,48)49)21-26(22-34(52)41(38)53)42(46)63(54,55)44-51-39-31(7-6-10-36(39)62-44)43-50-32-8-4-5-9-35(32)61-43/h4-23H,1-3H3. The molecule has 7 aromatic rings. The maximum absolute atomic E-state index is 15.1. The number of nitrogens with zero attached hydrogens (tertiary/aromatic N) is 3. The quantitative estimate of drug-likeness (QED) is 0.121. The van der Waals surface area contributed by atoms with Crippen molar-refractivity contribution in [3.05, 3.63) is 153 Å². The SMILES string of the molecule is COc1ccc(C2=C(c3ccc(OC)cc3)N3C(=CC(=C(Br)S(=O)(=O)c4nc5c(-c6nc7ccccc7s6)cccc5s4)C=C3c3ccc(OC)cc3S(=O)(=O)C(Br)(Br)Br)C2=O)cc1. The molecule has 64 heavy (non-hydrogen) atoms. The largest absolute Gasteiger partial charge is 0.497 e. The Hall–Kier alpha value is -4.47. The van der Waals surface area contributed by atoms with E-state index in [9.17, 15) is 16.8 Å². The van der Waals surface area contributed by atoms with Gasteiger partial charge in [-0.05, 0) is 166 Å². The smallest absolute Gasteiger partial charge is 0.240 e. The Morgan fingerprint density at radius 1 is 0.672 bits per heavy atom. The van der Waals surface area contributed by atoms with Crippen molar-refractivity contribution in [3.63, 3.8) is 0 Å². The fraction of sp³-hybridized carbons (Fsp3) is 0.0889. The van der Waals surface area contributed by atoms with Gasteiger partial charge in [-0.25, -0.2) is 26.8 Å². The van der Waals surface area contributed by atoms with Crippen molar-refractivity contribution in [2.75, 3.05) is 21.3 Å². The monoisotopic (exact) mass is 1180 g/mol. The lowest BCUT2D eigenvalue weighted by Gasteiger charge is -2.31. The second-order valence-electron chi connectivity index (χ2n) is 14.1. The van der Waals surface area contributed by atoms with Crippen molar-refractivity contribution in [2.24, 2.45) is 0 Å². The van der Waals surface area contributed by atoms with E-state index < -0.39 is 26.9 Å². The summed E-state index contributed by atoms with van der Waals surface area (Å²) in [5.74, 6) is 0.911. The van der Waals surface area contributed by atoms with Crippen LogP contribution in [0.25, 0.3) is 48.0 Å². The van der Waals surface area contributed by atoms with Gasteiger partial charge in [0.05, 0.1) is 69.3 Å². The van der Waals surface area contributed by atoms with E-state index in [2.05, 4.69) is 63.7 Å². The molecular formula is C45H29Br4N3O8S4. The molecule has 5 aromatic carbocycles. The van der Waals surface area contributed by atoms with Gasteiger partial charge >= 0.3 is 0 Å². The summed E-state index contributed by atoms with van der Waals surface area (Å²) in [5.41, 5.74) is 4.18. The zero-order chi connectivity index (χ0) is 45.3. The highest BCUT2D eigenvalue weighted by molar-refractivity contribution is 9.42. The Balaban J connectivity index is 1.29. The normalized spacial score (nSPS) is 15.4. The molecule has 2 aromatic heterocycles. The first kappa shape index (κ1) is 44.7. The first-order chi connectivity index (χ1) is 30.5. The third-order valence-corrected chi connectivity index (χ3v) is 21.6. The number of rotatable bonds is 10. The third-order valence-electron chi connectivity index (χ3n) is 10.4. The minimum atomic E-state index is -4.43. The molecule has 2 aliphatic heterocycles. The summed E-state index contributed by atoms with van der Waals surface area (Å²) < 4.78 is 74.3. The molecule has 0 saturated carbocycles. The molecule has 9 rings (SSSR count). The molecule has 4 heterocycles. The van der Waals surface area contributed by atoms with Gasteiger partial charge in [-0.2, -0.15) is 0 Å². The number of aromatic nitrogens is 2. The predicted octanol–water partition coefficient (Wildman–Crippen LogP) is 11.9. The zero-order valence-corrected chi connectivity index (χ0v) is 42.9. The van der Waals surface area contributed by atoms with Crippen LogP contribution >= 0.6 is 86.4 Å². The third kappa shape index (κ3) is 7.70. The van der Waals surface area contributed by atoms with Crippen molar-refractivity contribution < 1.29 is 35.8 Å². The predicted molar refractivity (Wildman–Crippen MR) is 267 cm³/mol. The summed E-state index contributed by atoms with van der Waals surface area (Å²) in [7, 11) is -4.30. The molecule has 2 aliphatic rings. The lowest BCUT2D eigenvalue weighted by Crippen LogP contribution is -2.25. The maximum Gasteiger partial charge on any atom is 0.240 e. The van der Waals surface area contributed by atoms with Crippen LogP contribution in [-0.4, -0.2) is 60.3 Å². The van der Waals surface area contributed by atoms with Gasteiger partial charge in [0.25, 0.3) is 0 Å². The molecule has 0 unspecified atom stereocenters. The second-order valence-corrected chi connectivity index (χ2v) is 29.9. The molecule has 19 heteroatoms. The van der Waals surface area contributed by atoms with Crippen molar-refractivity contribution in [1.82, 2.24) is 14.9 Å². The van der Waals surface area contributed by atoms with Gasteiger partial charge in [-0.15, -0.1) is 22.7 Å². The van der Waals surface area contributed by atoms with Gasteiger partial charge < -0.3 is 19.1 Å². The summed E-state index contributed by atoms with van der Waals surface area (Å²) in [6.45, 7) is 0. The van der Waals surface area contributed by atoms with E-state index in [-0.39, 0.29) is 46.9 Å². The van der Waals surface area contributed by atoms with E-state index in [4.69, 9.17) is 24.2 Å². The molecular weight excluding hydrogens is 1160 g/mol. The number of ketones is 1. The van der Waals surface area contributed by atoms with Crippen molar-refractivity contribution in [3.8, 4) is 27.8 Å². The molecule has 0 radical (unpaired) electrons. The fourth-order valence-electron chi connectivity index (χ4n) is 7.33. The Kier molecular flexibility index (Phi) is 11.9. The summed E-state index contributed by atoms with van der Waals surface area (Å²) in [5, 5.41) is 0.695. The molecule has 0 N–H and O–H groups in total. The number of sulfone groups is 2. The minimum Gasteiger partial charge on any atom is -0.497 e. The summed E-state index contributed by atoms with van der Waals surface area (Å²) >= 11 is 15.6. The van der Waals surface area contributed by atoms with Crippen LogP contribution in [0.5, 0.6) is 17.2 Å². The number of hydrogen-bond acceptors (Lipinski definition) is 13. The topological polar surface area (TPSA) is 142 Å². The van der Waals surface area contributed by atoms with Crippen LogP contribution in [0.2, 0.25) is 0 Å². The number of halogens is 4. The summed E-state index contributed by atoms with van der Waals surface area (Å²) in [6.07, 6.45) is 3.02. The number of ether oxygens (including phenoxy) is 3. The van der Waals surface area contributed by atoms with E-state index in [0.717, 1.165) is 21.6 Å². The summed E-state index contributed by atoms with van der Waals surface area (Å²) in [4.78, 5) is 26.1. The lowest BCUT2D eigenvalue weighted by atomic mass is 9.98. The van der Waals surface area contributed by atoms with E-state index >= 15 is 4.79 Å². The molecule has 11 nitrogen and oxygen atoms in total.